The van der Waals surface area contributed by atoms with Crippen LogP contribution in [0.1, 0.15) is 26.2 Å². The highest BCUT2D eigenvalue weighted by molar-refractivity contribution is 5.70. The van der Waals surface area contributed by atoms with Crippen LogP contribution < -0.4 is 0 Å². The summed E-state index contributed by atoms with van der Waals surface area (Å²) in [4.78, 5) is 10.7. The van der Waals surface area contributed by atoms with Crippen LogP contribution in [0.25, 0.3) is 0 Å². The summed E-state index contributed by atoms with van der Waals surface area (Å²) in [6.07, 6.45) is 2.80. The second-order valence-corrected chi connectivity index (χ2v) is 3.59. The van der Waals surface area contributed by atoms with E-state index in [-0.39, 0.29) is 17.9 Å². The molecule has 3 atom stereocenters. The largest absolute Gasteiger partial charge is 0.481 e. The predicted octanol–water partition coefficient (Wildman–Crippen LogP) is 1.52. The first kappa shape index (κ1) is 9.52. The number of methoxy groups -OCH3 is 1. The lowest BCUT2D eigenvalue weighted by atomic mass is 9.79. The van der Waals surface area contributed by atoms with Gasteiger partial charge in [-0.25, -0.2) is 0 Å². The summed E-state index contributed by atoms with van der Waals surface area (Å²) in [6, 6.07) is 0. The zero-order valence-electron chi connectivity index (χ0n) is 7.62. The first-order chi connectivity index (χ1) is 5.65. The van der Waals surface area contributed by atoms with E-state index in [0.29, 0.717) is 0 Å². The van der Waals surface area contributed by atoms with Gasteiger partial charge in [0.2, 0.25) is 0 Å². The second-order valence-electron chi connectivity index (χ2n) is 3.59. The van der Waals surface area contributed by atoms with E-state index in [2.05, 4.69) is 0 Å². The molecule has 0 saturated heterocycles. The normalized spacial score (nSPS) is 36.3. The zero-order valence-corrected chi connectivity index (χ0v) is 7.62. The summed E-state index contributed by atoms with van der Waals surface area (Å²) in [6.45, 7) is 1.99. The molecule has 0 radical (unpaired) electrons. The summed E-state index contributed by atoms with van der Waals surface area (Å²) >= 11 is 0. The molecule has 0 aromatic carbocycles. The van der Waals surface area contributed by atoms with Crippen molar-refractivity contribution in [3.63, 3.8) is 0 Å². The topological polar surface area (TPSA) is 46.5 Å². The van der Waals surface area contributed by atoms with Crippen molar-refractivity contribution in [2.75, 3.05) is 7.11 Å². The van der Waals surface area contributed by atoms with Crippen molar-refractivity contribution in [1.82, 2.24) is 0 Å². The highest BCUT2D eigenvalue weighted by atomic mass is 16.5. The molecule has 0 bridgehead atoms. The molecule has 1 aliphatic carbocycles. The predicted molar refractivity (Wildman–Crippen MR) is 44.9 cm³/mol. The van der Waals surface area contributed by atoms with Crippen molar-refractivity contribution >= 4 is 5.97 Å². The number of ether oxygens (including phenoxy) is 1. The molecule has 3 nitrogen and oxygen atoms in total. The van der Waals surface area contributed by atoms with Crippen LogP contribution in [0.4, 0.5) is 0 Å². The van der Waals surface area contributed by atoms with Crippen LogP contribution in [0.5, 0.6) is 0 Å². The molecule has 0 aromatic heterocycles. The molecular weight excluding hydrogens is 156 g/mol. The van der Waals surface area contributed by atoms with Crippen molar-refractivity contribution in [3.8, 4) is 0 Å². The number of rotatable bonds is 2. The van der Waals surface area contributed by atoms with E-state index >= 15 is 0 Å². The van der Waals surface area contributed by atoms with Gasteiger partial charge in [-0.3, -0.25) is 4.79 Å². The fourth-order valence-corrected chi connectivity index (χ4v) is 1.93. The van der Waals surface area contributed by atoms with Gasteiger partial charge in [-0.2, -0.15) is 0 Å². The van der Waals surface area contributed by atoms with E-state index in [0.717, 1.165) is 19.3 Å². The van der Waals surface area contributed by atoms with Gasteiger partial charge in [0.15, 0.2) is 0 Å². The standard InChI is InChI=1S/C9H16O3/c1-6-5-7(12-2)3-4-8(6)9(10)11/h6-8H,3-5H2,1-2H3,(H,10,11)/t6-,7-,8-/m0/s1. The second kappa shape index (κ2) is 3.90. The molecule has 0 heterocycles. The van der Waals surface area contributed by atoms with E-state index in [9.17, 15) is 4.79 Å². The first-order valence-corrected chi connectivity index (χ1v) is 4.40. The number of aliphatic carboxylic acids is 1. The molecule has 0 amide bonds. The lowest BCUT2D eigenvalue weighted by molar-refractivity contribution is -0.145. The highest BCUT2D eigenvalue weighted by Crippen LogP contribution is 2.31. The molecule has 0 aliphatic heterocycles. The summed E-state index contributed by atoms with van der Waals surface area (Å²) in [5, 5.41) is 8.83. The first-order valence-electron chi connectivity index (χ1n) is 4.40. The third-order valence-electron chi connectivity index (χ3n) is 2.77. The number of hydrogen-bond donors (Lipinski definition) is 1. The van der Waals surface area contributed by atoms with E-state index in [1.807, 2.05) is 6.92 Å². The Hall–Kier alpha value is -0.570. The summed E-state index contributed by atoms with van der Waals surface area (Å²) in [5.74, 6) is -0.561. The number of carbonyl (C=O) groups is 1. The third-order valence-corrected chi connectivity index (χ3v) is 2.77. The third kappa shape index (κ3) is 1.97. The molecule has 1 fully saturated rings. The smallest absolute Gasteiger partial charge is 0.306 e. The average Bonchev–Trinajstić information content (AvgIpc) is 2.03. The Balaban J connectivity index is 2.47. The Morgan fingerprint density at radius 1 is 1.50 bits per heavy atom. The van der Waals surface area contributed by atoms with Crippen LogP contribution in [0.15, 0.2) is 0 Å². The Morgan fingerprint density at radius 2 is 2.17 bits per heavy atom. The summed E-state index contributed by atoms with van der Waals surface area (Å²) in [7, 11) is 1.69. The van der Waals surface area contributed by atoms with Crippen LogP contribution >= 0.6 is 0 Å². The molecule has 1 N–H and O–H groups in total. The number of carboxylic acid groups (broad SMARTS) is 1. The maximum absolute atomic E-state index is 10.7. The number of hydrogen-bond acceptors (Lipinski definition) is 2. The zero-order chi connectivity index (χ0) is 9.14. The maximum Gasteiger partial charge on any atom is 0.306 e. The van der Waals surface area contributed by atoms with Gasteiger partial charge in [0.05, 0.1) is 12.0 Å². The van der Waals surface area contributed by atoms with Crippen LogP contribution in [0.2, 0.25) is 0 Å². The molecule has 0 unspecified atom stereocenters. The lowest BCUT2D eigenvalue weighted by Gasteiger charge is -2.30. The minimum Gasteiger partial charge on any atom is -0.481 e. The molecule has 12 heavy (non-hydrogen) atoms. The molecule has 3 heteroatoms. The molecule has 1 saturated carbocycles. The van der Waals surface area contributed by atoms with Crippen molar-refractivity contribution in [1.29, 1.82) is 0 Å². The molecule has 1 rings (SSSR count). The fourth-order valence-electron chi connectivity index (χ4n) is 1.93. The van der Waals surface area contributed by atoms with Crippen LogP contribution in [0, 0.1) is 11.8 Å². The Labute approximate surface area is 72.7 Å². The van der Waals surface area contributed by atoms with E-state index in [1.165, 1.54) is 0 Å². The SMILES string of the molecule is CO[C@H]1CC[C@H](C(=O)O)[C@@H](C)C1. The van der Waals surface area contributed by atoms with Gasteiger partial charge in [0, 0.05) is 7.11 Å². The lowest BCUT2D eigenvalue weighted by Crippen LogP contribution is -2.31. The Morgan fingerprint density at radius 3 is 2.58 bits per heavy atom. The highest BCUT2D eigenvalue weighted by Gasteiger charge is 2.31. The van der Waals surface area contributed by atoms with Crippen molar-refractivity contribution in [3.05, 3.63) is 0 Å². The molecule has 0 spiro atoms. The minimum absolute atomic E-state index is 0.156. The summed E-state index contributed by atoms with van der Waals surface area (Å²) in [5.41, 5.74) is 0. The van der Waals surface area contributed by atoms with Crippen molar-refractivity contribution in [2.24, 2.45) is 11.8 Å². The van der Waals surface area contributed by atoms with Crippen molar-refractivity contribution < 1.29 is 14.6 Å². The monoisotopic (exact) mass is 172 g/mol. The molecular formula is C9H16O3. The van der Waals surface area contributed by atoms with Gasteiger partial charge < -0.3 is 9.84 Å². The van der Waals surface area contributed by atoms with E-state index < -0.39 is 5.97 Å². The quantitative estimate of drug-likeness (QED) is 0.687. The molecule has 70 valence electrons. The maximum atomic E-state index is 10.7. The van der Waals surface area contributed by atoms with Gasteiger partial charge in [0.25, 0.3) is 0 Å². The van der Waals surface area contributed by atoms with Gasteiger partial charge in [-0.05, 0) is 25.2 Å². The Kier molecular flexibility index (Phi) is 3.09. The van der Waals surface area contributed by atoms with Gasteiger partial charge in [0.1, 0.15) is 0 Å². The van der Waals surface area contributed by atoms with Crippen LogP contribution in [0.3, 0.4) is 0 Å². The van der Waals surface area contributed by atoms with Gasteiger partial charge in [-0.1, -0.05) is 6.92 Å². The molecule has 0 aromatic rings. The molecule has 1 aliphatic rings. The van der Waals surface area contributed by atoms with E-state index in [4.69, 9.17) is 9.84 Å². The van der Waals surface area contributed by atoms with Crippen molar-refractivity contribution in [2.45, 2.75) is 32.3 Å². The Bertz CT molecular complexity index is 167. The van der Waals surface area contributed by atoms with Gasteiger partial charge in [-0.15, -0.1) is 0 Å². The summed E-state index contributed by atoms with van der Waals surface area (Å²) < 4.78 is 5.20. The van der Waals surface area contributed by atoms with Crippen LogP contribution in [-0.4, -0.2) is 24.3 Å². The van der Waals surface area contributed by atoms with E-state index in [1.54, 1.807) is 7.11 Å². The average molecular weight is 172 g/mol. The van der Waals surface area contributed by atoms with Gasteiger partial charge >= 0.3 is 5.97 Å². The number of carboxylic acids is 1. The van der Waals surface area contributed by atoms with Crippen LogP contribution in [-0.2, 0) is 9.53 Å². The minimum atomic E-state index is -0.656. The fraction of sp³-hybridized carbons (Fsp3) is 0.889.